The molecule has 0 aromatic heterocycles. The molecule has 2 nitrogen and oxygen atoms in total. The molecule has 1 unspecified atom stereocenters. The SMILES string of the molecule is CSCCC(CN)(CO)CC(C)C. The van der Waals surface area contributed by atoms with Crippen LogP contribution < -0.4 is 5.73 Å². The first-order valence-corrected chi connectivity index (χ1v) is 6.29. The van der Waals surface area contributed by atoms with Crippen LogP contribution >= 0.6 is 11.8 Å². The molecule has 0 aliphatic carbocycles. The lowest BCUT2D eigenvalue weighted by atomic mass is 9.78. The van der Waals surface area contributed by atoms with Crippen molar-refractivity contribution >= 4 is 11.8 Å². The molecule has 0 fully saturated rings. The second kappa shape index (κ2) is 6.68. The molecule has 0 aliphatic heterocycles. The van der Waals surface area contributed by atoms with Gasteiger partial charge in [-0.1, -0.05) is 13.8 Å². The average molecular weight is 205 g/mol. The highest BCUT2D eigenvalue weighted by Crippen LogP contribution is 2.29. The molecular weight excluding hydrogens is 182 g/mol. The van der Waals surface area contributed by atoms with Gasteiger partial charge in [-0.05, 0) is 30.8 Å². The Balaban J connectivity index is 4.13. The van der Waals surface area contributed by atoms with E-state index in [0.29, 0.717) is 12.5 Å². The van der Waals surface area contributed by atoms with Crippen LogP contribution in [0.3, 0.4) is 0 Å². The highest BCUT2D eigenvalue weighted by molar-refractivity contribution is 7.98. The molecule has 80 valence electrons. The molecular formula is C10H23NOS. The molecule has 3 N–H and O–H groups in total. The highest BCUT2D eigenvalue weighted by Gasteiger charge is 2.28. The predicted molar refractivity (Wildman–Crippen MR) is 61.0 cm³/mol. The van der Waals surface area contributed by atoms with Gasteiger partial charge in [-0.15, -0.1) is 0 Å². The summed E-state index contributed by atoms with van der Waals surface area (Å²) in [6.45, 7) is 5.18. The number of rotatable bonds is 7. The number of hydrogen-bond acceptors (Lipinski definition) is 3. The second-order valence-corrected chi connectivity index (χ2v) is 5.19. The highest BCUT2D eigenvalue weighted by atomic mass is 32.2. The fraction of sp³-hybridized carbons (Fsp3) is 1.00. The van der Waals surface area contributed by atoms with Gasteiger partial charge in [-0.25, -0.2) is 0 Å². The largest absolute Gasteiger partial charge is 0.396 e. The van der Waals surface area contributed by atoms with Gasteiger partial charge in [0.2, 0.25) is 0 Å². The number of nitrogens with two attached hydrogens (primary N) is 1. The maximum atomic E-state index is 9.36. The van der Waals surface area contributed by atoms with E-state index >= 15 is 0 Å². The van der Waals surface area contributed by atoms with E-state index in [1.807, 2.05) is 11.8 Å². The normalized spacial score (nSPS) is 16.2. The Bertz CT molecular complexity index is 124. The molecule has 0 aromatic rings. The fourth-order valence-electron chi connectivity index (χ4n) is 1.68. The number of hydrogen-bond donors (Lipinski definition) is 2. The summed E-state index contributed by atoms with van der Waals surface area (Å²) in [5.41, 5.74) is 5.71. The summed E-state index contributed by atoms with van der Waals surface area (Å²) in [5, 5.41) is 9.36. The lowest BCUT2D eigenvalue weighted by Gasteiger charge is -2.32. The predicted octanol–water partition coefficient (Wildman–Crippen LogP) is 1.72. The monoisotopic (exact) mass is 205 g/mol. The topological polar surface area (TPSA) is 46.2 Å². The summed E-state index contributed by atoms with van der Waals surface area (Å²) in [6, 6.07) is 0. The summed E-state index contributed by atoms with van der Waals surface area (Å²) < 4.78 is 0. The Hall–Kier alpha value is 0.270. The van der Waals surface area contributed by atoms with E-state index in [0.717, 1.165) is 18.6 Å². The maximum Gasteiger partial charge on any atom is 0.0499 e. The molecule has 0 radical (unpaired) electrons. The van der Waals surface area contributed by atoms with Gasteiger partial charge in [0.05, 0.1) is 0 Å². The minimum absolute atomic E-state index is 0.0306. The first-order valence-electron chi connectivity index (χ1n) is 4.90. The van der Waals surface area contributed by atoms with E-state index in [1.54, 1.807) is 0 Å². The van der Waals surface area contributed by atoms with Crippen LogP contribution in [0.5, 0.6) is 0 Å². The van der Waals surface area contributed by atoms with Gasteiger partial charge in [-0.3, -0.25) is 0 Å². The third-order valence-corrected chi connectivity index (χ3v) is 3.06. The number of thioether (sulfide) groups is 1. The first kappa shape index (κ1) is 13.3. The standard InChI is InChI=1S/C10H23NOS/c1-9(2)6-10(7-11,8-12)4-5-13-3/h9,12H,4-8,11H2,1-3H3. The molecule has 1 atom stereocenters. The third kappa shape index (κ3) is 4.89. The Morgan fingerprint density at radius 3 is 2.38 bits per heavy atom. The van der Waals surface area contributed by atoms with Crippen LogP contribution in [0.1, 0.15) is 26.7 Å². The van der Waals surface area contributed by atoms with Gasteiger partial charge in [0, 0.05) is 18.6 Å². The van der Waals surface area contributed by atoms with Crippen molar-refractivity contribution in [3.63, 3.8) is 0 Å². The molecule has 0 saturated carbocycles. The van der Waals surface area contributed by atoms with Crippen molar-refractivity contribution < 1.29 is 5.11 Å². The van der Waals surface area contributed by atoms with Crippen molar-refractivity contribution in [3.8, 4) is 0 Å². The van der Waals surface area contributed by atoms with Crippen molar-refractivity contribution in [1.29, 1.82) is 0 Å². The fourth-order valence-corrected chi connectivity index (χ4v) is 2.32. The summed E-state index contributed by atoms with van der Waals surface area (Å²) in [6.07, 6.45) is 4.15. The summed E-state index contributed by atoms with van der Waals surface area (Å²) in [4.78, 5) is 0. The van der Waals surface area contributed by atoms with E-state index in [-0.39, 0.29) is 12.0 Å². The minimum Gasteiger partial charge on any atom is -0.396 e. The summed E-state index contributed by atoms with van der Waals surface area (Å²) in [5.74, 6) is 1.70. The van der Waals surface area contributed by atoms with Crippen molar-refractivity contribution in [2.24, 2.45) is 17.1 Å². The zero-order valence-corrected chi connectivity index (χ0v) is 9.86. The molecule has 0 rings (SSSR count). The smallest absolute Gasteiger partial charge is 0.0499 e. The van der Waals surface area contributed by atoms with Crippen LogP contribution in [0.2, 0.25) is 0 Å². The second-order valence-electron chi connectivity index (χ2n) is 4.20. The number of aliphatic hydroxyl groups excluding tert-OH is 1. The van der Waals surface area contributed by atoms with Gasteiger partial charge < -0.3 is 10.8 Å². The van der Waals surface area contributed by atoms with Gasteiger partial charge in [0.15, 0.2) is 0 Å². The lowest BCUT2D eigenvalue weighted by Crippen LogP contribution is -2.36. The summed E-state index contributed by atoms with van der Waals surface area (Å²) >= 11 is 1.82. The van der Waals surface area contributed by atoms with Gasteiger partial charge in [-0.2, -0.15) is 11.8 Å². The van der Waals surface area contributed by atoms with Crippen LogP contribution in [0.4, 0.5) is 0 Å². The van der Waals surface area contributed by atoms with E-state index in [1.165, 1.54) is 0 Å². The molecule has 3 heteroatoms. The number of aliphatic hydroxyl groups is 1. The summed E-state index contributed by atoms with van der Waals surface area (Å²) in [7, 11) is 0. The van der Waals surface area contributed by atoms with Crippen LogP contribution in [0.25, 0.3) is 0 Å². The Morgan fingerprint density at radius 1 is 1.46 bits per heavy atom. The van der Waals surface area contributed by atoms with E-state index in [2.05, 4.69) is 20.1 Å². The molecule has 0 aliphatic rings. The van der Waals surface area contributed by atoms with E-state index < -0.39 is 0 Å². The molecule has 0 amide bonds. The average Bonchev–Trinajstić information content (AvgIpc) is 2.12. The van der Waals surface area contributed by atoms with Crippen molar-refractivity contribution in [3.05, 3.63) is 0 Å². The maximum absolute atomic E-state index is 9.36. The third-order valence-electron chi connectivity index (χ3n) is 2.45. The molecule has 0 heterocycles. The molecule has 0 saturated heterocycles. The molecule has 0 bridgehead atoms. The van der Waals surface area contributed by atoms with Crippen LogP contribution in [0, 0.1) is 11.3 Å². The van der Waals surface area contributed by atoms with Gasteiger partial charge in [0.25, 0.3) is 0 Å². The Labute approximate surface area is 86.3 Å². The van der Waals surface area contributed by atoms with Crippen LogP contribution in [-0.2, 0) is 0 Å². The van der Waals surface area contributed by atoms with E-state index in [4.69, 9.17) is 5.73 Å². The zero-order valence-electron chi connectivity index (χ0n) is 9.05. The van der Waals surface area contributed by atoms with Crippen molar-refractivity contribution in [2.75, 3.05) is 25.2 Å². The van der Waals surface area contributed by atoms with Crippen LogP contribution in [-0.4, -0.2) is 30.3 Å². The van der Waals surface area contributed by atoms with E-state index in [9.17, 15) is 5.11 Å². The molecule has 0 aromatic carbocycles. The quantitative estimate of drug-likeness (QED) is 0.665. The van der Waals surface area contributed by atoms with Gasteiger partial charge >= 0.3 is 0 Å². The molecule has 0 spiro atoms. The van der Waals surface area contributed by atoms with Crippen molar-refractivity contribution in [1.82, 2.24) is 0 Å². The van der Waals surface area contributed by atoms with Crippen molar-refractivity contribution in [2.45, 2.75) is 26.7 Å². The lowest BCUT2D eigenvalue weighted by molar-refractivity contribution is 0.105. The van der Waals surface area contributed by atoms with Gasteiger partial charge in [0.1, 0.15) is 0 Å². The van der Waals surface area contributed by atoms with Crippen LogP contribution in [0.15, 0.2) is 0 Å². The Morgan fingerprint density at radius 2 is 2.08 bits per heavy atom. The Kier molecular flexibility index (Phi) is 6.82. The zero-order chi connectivity index (χ0) is 10.3. The minimum atomic E-state index is -0.0306. The first-order chi connectivity index (χ1) is 6.10. The molecule has 13 heavy (non-hydrogen) atoms.